The molecule has 0 bridgehead atoms. The first-order valence-electron chi connectivity index (χ1n) is 9.98. The van der Waals surface area contributed by atoms with Crippen LogP contribution >= 0.6 is 11.3 Å². The van der Waals surface area contributed by atoms with Gasteiger partial charge in [0.2, 0.25) is 0 Å². The van der Waals surface area contributed by atoms with Crippen molar-refractivity contribution in [1.29, 1.82) is 0 Å². The molecule has 2 atom stereocenters. The number of aryl methyl sites for hydroxylation is 1. The van der Waals surface area contributed by atoms with E-state index < -0.39 is 0 Å². The summed E-state index contributed by atoms with van der Waals surface area (Å²) in [5, 5.41) is 0.959. The fraction of sp³-hybridized carbons (Fsp3) is 0.391. The van der Waals surface area contributed by atoms with Crippen LogP contribution in [0.15, 0.2) is 36.4 Å². The van der Waals surface area contributed by atoms with Gasteiger partial charge in [0.05, 0.1) is 37.5 Å². The van der Waals surface area contributed by atoms with E-state index in [1.54, 1.807) is 30.5 Å². The summed E-state index contributed by atoms with van der Waals surface area (Å²) in [6.45, 7) is 5.21. The highest BCUT2D eigenvalue weighted by molar-refractivity contribution is 7.18. The largest absolute Gasteiger partial charge is 0.493 e. The summed E-state index contributed by atoms with van der Waals surface area (Å²) in [5.74, 6) is 1.52. The molecule has 1 aromatic heterocycles. The van der Waals surface area contributed by atoms with Gasteiger partial charge in [-0.15, -0.1) is 11.3 Å². The van der Waals surface area contributed by atoms with Crippen molar-refractivity contribution in [2.45, 2.75) is 26.4 Å². The maximum Gasteiger partial charge on any atom is 0.278 e. The number of carbonyl (C=O) groups excluding carboxylic acids is 1. The van der Waals surface area contributed by atoms with Gasteiger partial charge in [-0.25, -0.2) is 4.98 Å². The summed E-state index contributed by atoms with van der Waals surface area (Å²) in [5.41, 5.74) is 3.24. The minimum absolute atomic E-state index is 0.0643. The summed E-state index contributed by atoms with van der Waals surface area (Å²) in [7, 11) is 7.16. The third kappa shape index (κ3) is 4.74. The summed E-state index contributed by atoms with van der Waals surface area (Å²) in [4.78, 5) is 20.5. The van der Waals surface area contributed by atoms with Crippen molar-refractivity contribution < 1.29 is 19.2 Å². The number of methoxy groups -OCH3 is 2. The third-order valence-corrected chi connectivity index (χ3v) is 6.64. The van der Waals surface area contributed by atoms with Gasteiger partial charge in [-0.3, -0.25) is 4.79 Å². The van der Waals surface area contributed by atoms with E-state index in [4.69, 9.17) is 14.5 Å². The lowest BCUT2D eigenvalue weighted by Crippen LogP contribution is -3.08. The molecule has 7 heteroatoms. The Hall–Kier alpha value is -2.64. The molecule has 0 aliphatic carbocycles. The number of nitrogens with one attached hydrogen (secondary N) is 1. The standard InChI is InChI=1S/C23H29N3O3S/c1-15-11-19(28-5)20(29-6)12-17(15)13-25(3)14-22(27)26(4)16(2)23-24-18-9-7-8-10-21(18)30-23/h7-12,16H,13-14H2,1-6H3/p+1/t16-/m1/s1. The van der Waals surface area contributed by atoms with E-state index in [2.05, 4.69) is 6.07 Å². The first-order chi connectivity index (χ1) is 14.3. The molecular formula is C23H30N3O3S+. The second kappa shape index (κ2) is 9.45. The van der Waals surface area contributed by atoms with E-state index in [1.807, 2.05) is 58.3 Å². The van der Waals surface area contributed by atoms with Crippen LogP contribution < -0.4 is 14.4 Å². The maximum absolute atomic E-state index is 12.9. The van der Waals surface area contributed by atoms with Crippen LogP contribution in [0.5, 0.6) is 11.5 Å². The van der Waals surface area contributed by atoms with Crippen LogP contribution in [0.25, 0.3) is 10.2 Å². The highest BCUT2D eigenvalue weighted by atomic mass is 32.1. The predicted octanol–water partition coefficient (Wildman–Crippen LogP) is 2.86. The maximum atomic E-state index is 12.9. The van der Waals surface area contributed by atoms with Crippen molar-refractivity contribution in [1.82, 2.24) is 9.88 Å². The number of rotatable bonds is 8. The van der Waals surface area contributed by atoms with Gasteiger partial charge < -0.3 is 19.3 Å². The summed E-state index contributed by atoms with van der Waals surface area (Å²) in [6, 6.07) is 12.0. The number of para-hydroxylation sites is 1. The predicted molar refractivity (Wildman–Crippen MR) is 121 cm³/mol. The lowest BCUT2D eigenvalue weighted by molar-refractivity contribution is -0.885. The minimum Gasteiger partial charge on any atom is -0.493 e. The molecule has 0 spiro atoms. The number of quaternary nitrogens is 1. The lowest BCUT2D eigenvalue weighted by Gasteiger charge is -2.25. The van der Waals surface area contributed by atoms with Crippen molar-refractivity contribution in [3.63, 3.8) is 0 Å². The number of hydrogen-bond acceptors (Lipinski definition) is 5. The molecule has 30 heavy (non-hydrogen) atoms. The Morgan fingerprint density at radius 1 is 1.20 bits per heavy atom. The first kappa shape index (κ1) is 22.1. The summed E-state index contributed by atoms with van der Waals surface area (Å²) < 4.78 is 11.9. The minimum atomic E-state index is -0.0643. The number of hydrogen-bond donors (Lipinski definition) is 1. The Kier molecular flexibility index (Phi) is 6.95. The molecule has 0 aliphatic rings. The molecule has 1 heterocycles. The van der Waals surface area contributed by atoms with Crippen LogP contribution in [0.2, 0.25) is 0 Å². The van der Waals surface area contributed by atoms with Gasteiger partial charge in [0.15, 0.2) is 18.0 Å². The molecule has 0 fully saturated rings. The molecule has 1 N–H and O–H groups in total. The van der Waals surface area contributed by atoms with Crippen molar-refractivity contribution in [3.05, 3.63) is 52.5 Å². The lowest BCUT2D eigenvalue weighted by atomic mass is 10.1. The molecule has 3 aromatic rings. The molecule has 0 aliphatic heterocycles. The topological polar surface area (TPSA) is 56.1 Å². The Bertz CT molecular complexity index is 1000. The van der Waals surface area contributed by atoms with Gasteiger partial charge in [0.1, 0.15) is 11.6 Å². The Morgan fingerprint density at radius 2 is 1.87 bits per heavy atom. The Labute approximate surface area is 182 Å². The van der Waals surface area contributed by atoms with Gasteiger partial charge in [-0.2, -0.15) is 0 Å². The van der Waals surface area contributed by atoms with Crippen molar-refractivity contribution in [2.24, 2.45) is 0 Å². The molecule has 0 saturated heterocycles. The molecular weight excluding hydrogens is 398 g/mol. The van der Waals surface area contributed by atoms with E-state index in [1.165, 1.54) is 0 Å². The zero-order valence-corrected chi connectivity index (χ0v) is 19.3. The van der Waals surface area contributed by atoms with Crippen LogP contribution in [-0.4, -0.2) is 50.7 Å². The van der Waals surface area contributed by atoms with E-state index in [9.17, 15) is 4.79 Å². The Morgan fingerprint density at radius 3 is 2.53 bits per heavy atom. The molecule has 6 nitrogen and oxygen atoms in total. The summed E-state index contributed by atoms with van der Waals surface area (Å²) in [6.07, 6.45) is 0. The van der Waals surface area contributed by atoms with Crippen LogP contribution in [-0.2, 0) is 11.3 Å². The Balaban J connectivity index is 1.66. The van der Waals surface area contributed by atoms with Crippen LogP contribution in [0.4, 0.5) is 0 Å². The quantitative estimate of drug-likeness (QED) is 0.600. The number of fused-ring (bicyclic) bond motifs is 1. The smallest absolute Gasteiger partial charge is 0.278 e. The monoisotopic (exact) mass is 428 g/mol. The third-order valence-electron chi connectivity index (χ3n) is 5.43. The zero-order valence-electron chi connectivity index (χ0n) is 18.5. The number of ether oxygens (including phenoxy) is 2. The fourth-order valence-electron chi connectivity index (χ4n) is 3.43. The van der Waals surface area contributed by atoms with E-state index in [0.29, 0.717) is 12.3 Å². The second-order valence-corrected chi connectivity index (χ2v) is 8.71. The van der Waals surface area contributed by atoms with Gasteiger partial charge in [0.25, 0.3) is 5.91 Å². The second-order valence-electron chi connectivity index (χ2n) is 7.64. The van der Waals surface area contributed by atoms with Crippen LogP contribution in [0.1, 0.15) is 29.1 Å². The molecule has 160 valence electrons. The fourth-order valence-corrected chi connectivity index (χ4v) is 4.50. The van der Waals surface area contributed by atoms with E-state index in [0.717, 1.165) is 43.5 Å². The molecule has 0 radical (unpaired) electrons. The molecule has 0 saturated carbocycles. The molecule has 1 unspecified atom stereocenters. The molecule has 2 aromatic carbocycles. The SMILES string of the molecule is COc1cc(C)c(C[NH+](C)CC(=O)N(C)[C@H](C)c2nc3ccccc3s2)cc1OC. The number of carbonyl (C=O) groups is 1. The number of nitrogens with zero attached hydrogens (tertiary/aromatic N) is 2. The normalized spacial score (nSPS) is 13.1. The van der Waals surface area contributed by atoms with E-state index >= 15 is 0 Å². The van der Waals surface area contributed by atoms with Crippen LogP contribution in [0, 0.1) is 6.92 Å². The average Bonchev–Trinajstić information content (AvgIpc) is 3.17. The van der Waals surface area contributed by atoms with Crippen LogP contribution in [0.3, 0.4) is 0 Å². The zero-order chi connectivity index (χ0) is 21.8. The highest BCUT2D eigenvalue weighted by Crippen LogP contribution is 2.30. The van der Waals surface area contributed by atoms with Gasteiger partial charge in [0, 0.05) is 12.6 Å². The van der Waals surface area contributed by atoms with Gasteiger partial charge >= 0.3 is 0 Å². The number of thiazole rings is 1. The van der Waals surface area contributed by atoms with Crippen molar-refractivity contribution >= 4 is 27.5 Å². The highest BCUT2D eigenvalue weighted by Gasteiger charge is 2.23. The first-order valence-corrected chi connectivity index (χ1v) is 10.8. The van der Waals surface area contributed by atoms with Gasteiger partial charge in [-0.05, 0) is 43.7 Å². The van der Waals surface area contributed by atoms with Crippen molar-refractivity contribution in [3.8, 4) is 11.5 Å². The number of amides is 1. The molecule has 3 rings (SSSR count). The number of aromatic nitrogens is 1. The van der Waals surface area contributed by atoms with Crippen molar-refractivity contribution in [2.75, 3.05) is 34.9 Å². The van der Waals surface area contributed by atoms with Gasteiger partial charge in [-0.1, -0.05) is 12.1 Å². The number of benzene rings is 2. The molecule has 1 amide bonds. The summed E-state index contributed by atoms with van der Waals surface area (Å²) >= 11 is 1.64. The average molecular weight is 429 g/mol. The number of likely N-dealkylation sites (N-methyl/N-ethyl adjacent to an activating group) is 2. The van der Waals surface area contributed by atoms with E-state index in [-0.39, 0.29) is 11.9 Å².